The van der Waals surface area contributed by atoms with Gasteiger partial charge in [-0.1, -0.05) is 36.4 Å². The van der Waals surface area contributed by atoms with Crippen LogP contribution in [0.2, 0.25) is 0 Å². The number of benzene rings is 3. The minimum absolute atomic E-state index is 0.167. The lowest BCUT2D eigenvalue weighted by Gasteiger charge is -2.30. The Bertz CT molecular complexity index is 1940. The van der Waals surface area contributed by atoms with Gasteiger partial charge >= 0.3 is 6.01 Å². The zero-order valence-electron chi connectivity index (χ0n) is 27.4. The van der Waals surface area contributed by atoms with E-state index < -0.39 is 0 Å². The van der Waals surface area contributed by atoms with Crippen LogP contribution in [0.5, 0.6) is 17.5 Å². The number of ether oxygens (including phenoxy) is 4. The fourth-order valence-corrected chi connectivity index (χ4v) is 5.14. The molecule has 0 amide bonds. The number of hydrogen-bond acceptors (Lipinski definition) is 14. The van der Waals surface area contributed by atoms with Crippen molar-refractivity contribution >= 4 is 35.4 Å². The van der Waals surface area contributed by atoms with Crippen LogP contribution in [0.25, 0.3) is 0 Å². The molecule has 50 heavy (non-hydrogen) atoms. The first-order valence-electron chi connectivity index (χ1n) is 16.2. The van der Waals surface area contributed by atoms with Crippen molar-refractivity contribution in [2.24, 2.45) is 15.1 Å². The summed E-state index contributed by atoms with van der Waals surface area (Å²) in [6.45, 7) is 5.13. The molecule has 5 aromatic rings. The summed E-state index contributed by atoms with van der Waals surface area (Å²) < 4.78 is 22.9. The number of nitrogens with zero attached hydrogens (tertiary/aromatic N) is 9. The molecule has 0 radical (unpaired) electrons. The highest BCUT2D eigenvalue weighted by Gasteiger charge is 2.22. The monoisotopic (exact) mass is 676 g/mol. The normalized spacial score (nSPS) is 15.8. The fourth-order valence-electron chi connectivity index (χ4n) is 5.14. The number of hydrazone groups is 1. The van der Waals surface area contributed by atoms with Crippen molar-refractivity contribution in [1.82, 2.24) is 29.9 Å². The predicted octanol–water partition coefficient (Wildman–Crippen LogP) is 3.31. The molecule has 7 rings (SSSR count). The maximum Gasteiger partial charge on any atom is 0.328 e. The largest absolute Gasteiger partial charge is 0.493 e. The van der Waals surface area contributed by atoms with E-state index in [9.17, 15) is 0 Å². The lowest BCUT2D eigenvalue weighted by atomic mass is 10.2. The third-order valence-electron chi connectivity index (χ3n) is 7.63. The highest BCUT2D eigenvalue weighted by atomic mass is 16.5. The molecule has 2 aromatic heterocycles. The Morgan fingerprint density at radius 3 is 1.96 bits per heavy atom. The van der Waals surface area contributed by atoms with Gasteiger partial charge in [0.15, 0.2) is 11.5 Å². The number of H-pyrrole nitrogens is 2. The molecule has 4 heterocycles. The standard InChI is InChI=1S/C34H36N12O4/c1-47-28-22-24(12-13-27(28)50-34-42-32(45-14-18-48-19-15-45)41-33(43-34)46-16-20-49-21-17-46)23-35-44-31-39-29(36-25-8-4-2-5-9-25)38-30(40-31)37-26-10-6-3-7-11-26/h2-13,22-23H,14-21H2,1H3,(H3,36,37,38,39,40,44)/b35-23-. The van der Waals surface area contributed by atoms with Crippen LogP contribution < -0.4 is 35.9 Å². The fraction of sp³-hybridized carbons (Fsp3) is 0.265. The van der Waals surface area contributed by atoms with Gasteiger partial charge in [0.1, 0.15) is 0 Å². The molecule has 16 nitrogen and oxygen atoms in total. The second-order valence-corrected chi connectivity index (χ2v) is 11.1. The number of nitrogens with one attached hydrogen (secondary N) is 3. The molecule has 2 aliphatic rings. The van der Waals surface area contributed by atoms with Gasteiger partial charge in [-0.05, 0) is 48.0 Å². The van der Waals surface area contributed by atoms with Crippen LogP contribution >= 0.6 is 0 Å². The lowest BCUT2D eigenvalue weighted by molar-refractivity contribution is 0.121. The number of morpholine rings is 2. The molecule has 0 bridgehead atoms. The number of aromatic nitrogens is 6. The smallest absolute Gasteiger partial charge is 0.328 e. The molecule has 2 saturated heterocycles. The van der Waals surface area contributed by atoms with Crippen LogP contribution in [0.3, 0.4) is 0 Å². The third kappa shape index (κ3) is 8.47. The minimum atomic E-state index is 0.167. The second-order valence-electron chi connectivity index (χ2n) is 11.1. The first-order valence-corrected chi connectivity index (χ1v) is 16.2. The molecule has 3 aromatic carbocycles. The maximum absolute atomic E-state index is 6.21. The molecule has 256 valence electrons. The zero-order chi connectivity index (χ0) is 34.0. The molecule has 2 aliphatic heterocycles. The summed E-state index contributed by atoms with van der Waals surface area (Å²) in [7, 11) is 1.57. The van der Waals surface area contributed by atoms with Gasteiger partial charge in [-0.15, -0.1) is 0 Å². The van der Waals surface area contributed by atoms with Gasteiger partial charge in [0.2, 0.25) is 29.1 Å². The summed E-state index contributed by atoms with van der Waals surface area (Å²) >= 11 is 0. The molecule has 0 aliphatic carbocycles. The summed E-state index contributed by atoms with van der Waals surface area (Å²) in [6.07, 6.45) is 1.64. The average molecular weight is 677 g/mol. The minimum Gasteiger partial charge on any atom is -0.493 e. The van der Waals surface area contributed by atoms with Crippen LogP contribution in [0, 0.1) is 0 Å². The van der Waals surface area contributed by atoms with E-state index in [0.29, 0.717) is 93.2 Å². The first-order chi connectivity index (χ1) is 24.7. The number of para-hydroxylation sites is 2. The van der Waals surface area contributed by atoms with Crippen molar-refractivity contribution in [3.63, 3.8) is 0 Å². The topological polar surface area (TPSA) is 176 Å². The van der Waals surface area contributed by atoms with Crippen LogP contribution in [-0.2, 0) is 9.47 Å². The van der Waals surface area contributed by atoms with Crippen molar-refractivity contribution in [3.05, 3.63) is 95.7 Å². The Balaban J connectivity index is 1.12. The molecule has 0 saturated carbocycles. The van der Waals surface area contributed by atoms with Crippen molar-refractivity contribution in [3.8, 4) is 17.5 Å². The van der Waals surface area contributed by atoms with E-state index in [2.05, 4.69) is 55.2 Å². The molecule has 0 unspecified atom stereocenters. The number of methoxy groups -OCH3 is 1. The molecule has 0 atom stereocenters. The zero-order valence-corrected chi connectivity index (χ0v) is 27.4. The average Bonchev–Trinajstić information content (AvgIpc) is 3.17. The van der Waals surface area contributed by atoms with E-state index >= 15 is 0 Å². The summed E-state index contributed by atoms with van der Waals surface area (Å²) in [5.41, 5.74) is 5.97. The van der Waals surface area contributed by atoms with Gasteiger partial charge in [-0.2, -0.15) is 25.0 Å². The molecule has 3 N–H and O–H groups in total. The van der Waals surface area contributed by atoms with Gasteiger partial charge in [0.25, 0.3) is 0 Å². The number of aromatic amines is 2. The Morgan fingerprint density at radius 2 is 1.34 bits per heavy atom. The quantitative estimate of drug-likeness (QED) is 0.146. The predicted molar refractivity (Wildman–Crippen MR) is 186 cm³/mol. The summed E-state index contributed by atoms with van der Waals surface area (Å²) in [5.74, 6) is 2.33. The van der Waals surface area contributed by atoms with Crippen LogP contribution in [0.15, 0.2) is 93.9 Å². The Hall–Kier alpha value is -6.13. The van der Waals surface area contributed by atoms with Gasteiger partial charge in [-0.25, -0.2) is 15.4 Å². The van der Waals surface area contributed by atoms with E-state index in [-0.39, 0.29) is 6.01 Å². The van der Waals surface area contributed by atoms with E-state index in [0.717, 1.165) is 16.9 Å². The summed E-state index contributed by atoms with van der Waals surface area (Å²) in [5, 5.41) is 4.40. The van der Waals surface area contributed by atoms with E-state index in [1.54, 1.807) is 25.5 Å². The van der Waals surface area contributed by atoms with E-state index in [1.165, 1.54) is 0 Å². The Labute approximate surface area is 287 Å². The first kappa shape index (κ1) is 32.4. The molecule has 16 heteroatoms. The third-order valence-corrected chi connectivity index (χ3v) is 7.63. The number of rotatable bonds is 10. The SMILES string of the molecule is COc1cc(/C=N\Nc2nc(=Nc3ccccc3)[nH]c(=Nc3ccccc3)[nH]2)ccc1Oc1nc(N2CCOCC2)nc(N2CCOCC2)n1. The van der Waals surface area contributed by atoms with Crippen molar-refractivity contribution in [2.75, 3.05) is 74.9 Å². The van der Waals surface area contributed by atoms with Crippen LogP contribution in [0.4, 0.5) is 29.2 Å². The van der Waals surface area contributed by atoms with Gasteiger partial charge in [0, 0.05) is 26.2 Å². The van der Waals surface area contributed by atoms with Gasteiger partial charge in [-0.3, -0.25) is 9.97 Å². The van der Waals surface area contributed by atoms with E-state index in [4.69, 9.17) is 23.9 Å². The van der Waals surface area contributed by atoms with Crippen molar-refractivity contribution < 1.29 is 18.9 Å². The summed E-state index contributed by atoms with van der Waals surface area (Å²) in [6, 6.07) is 24.7. The highest BCUT2D eigenvalue weighted by Crippen LogP contribution is 2.32. The molecule has 2 fully saturated rings. The van der Waals surface area contributed by atoms with Crippen molar-refractivity contribution in [2.45, 2.75) is 0 Å². The maximum atomic E-state index is 6.21. The number of hydrogen-bond donors (Lipinski definition) is 3. The Kier molecular flexibility index (Phi) is 10.3. The highest BCUT2D eigenvalue weighted by molar-refractivity contribution is 5.81. The number of anilines is 3. The Morgan fingerprint density at radius 1 is 0.720 bits per heavy atom. The van der Waals surface area contributed by atoms with E-state index in [1.807, 2.05) is 66.7 Å². The molecular formula is C34H36N12O4. The van der Waals surface area contributed by atoms with Gasteiger partial charge in [0.05, 0.1) is 51.1 Å². The molecule has 0 spiro atoms. The second kappa shape index (κ2) is 15.8. The van der Waals surface area contributed by atoms with Crippen molar-refractivity contribution in [1.29, 1.82) is 0 Å². The van der Waals surface area contributed by atoms with Gasteiger partial charge < -0.3 is 28.7 Å². The lowest BCUT2D eigenvalue weighted by Crippen LogP contribution is -2.40. The molecular weight excluding hydrogens is 640 g/mol. The summed E-state index contributed by atoms with van der Waals surface area (Å²) in [4.78, 5) is 38.2. The van der Waals surface area contributed by atoms with Crippen LogP contribution in [0.1, 0.15) is 5.56 Å². The van der Waals surface area contributed by atoms with Crippen LogP contribution in [-0.4, -0.2) is 95.8 Å².